The number of benzene rings is 2. The van der Waals surface area contributed by atoms with Gasteiger partial charge in [-0.3, -0.25) is 4.79 Å². The molecule has 8 heteroatoms. The standard InChI is InChI=1S/C21H20ClN3O4/c1-4-11-25(21(26)15-7-5-6-8-16(15)22)13-19-23-20(24-29-19)14-9-10-17(27-2)18(12-14)28-3/h4-10,12H,1,11,13H2,2-3H3. The lowest BCUT2D eigenvalue weighted by Crippen LogP contribution is -2.31. The Morgan fingerprint density at radius 3 is 2.66 bits per heavy atom. The molecule has 7 nitrogen and oxygen atoms in total. The zero-order valence-corrected chi connectivity index (χ0v) is 16.8. The molecular formula is C21H20ClN3O4. The third kappa shape index (κ3) is 4.57. The van der Waals surface area contributed by atoms with E-state index in [2.05, 4.69) is 16.7 Å². The van der Waals surface area contributed by atoms with Crippen LogP contribution in [0.3, 0.4) is 0 Å². The Balaban J connectivity index is 1.82. The van der Waals surface area contributed by atoms with Crippen LogP contribution in [0.1, 0.15) is 16.2 Å². The maximum Gasteiger partial charge on any atom is 0.256 e. The molecule has 2 aromatic carbocycles. The summed E-state index contributed by atoms with van der Waals surface area (Å²) in [5.41, 5.74) is 1.10. The lowest BCUT2D eigenvalue weighted by Gasteiger charge is -2.19. The molecule has 0 radical (unpaired) electrons. The molecule has 0 saturated carbocycles. The van der Waals surface area contributed by atoms with Gasteiger partial charge in [-0.2, -0.15) is 4.98 Å². The normalized spacial score (nSPS) is 10.4. The maximum atomic E-state index is 12.9. The number of carbonyl (C=O) groups excluding carboxylic acids is 1. The average molecular weight is 414 g/mol. The van der Waals surface area contributed by atoms with Crippen molar-refractivity contribution < 1.29 is 18.8 Å². The van der Waals surface area contributed by atoms with Gasteiger partial charge in [-0.15, -0.1) is 6.58 Å². The van der Waals surface area contributed by atoms with Crippen LogP contribution in [0.5, 0.6) is 11.5 Å². The summed E-state index contributed by atoms with van der Waals surface area (Å²) in [4.78, 5) is 18.8. The second kappa shape index (κ2) is 9.25. The van der Waals surface area contributed by atoms with Crippen molar-refractivity contribution in [1.29, 1.82) is 0 Å². The van der Waals surface area contributed by atoms with Gasteiger partial charge in [-0.1, -0.05) is 35.0 Å². The topological polar surface area (TPSA) is 77.7 Å². The molecule has 3 rings (SSSR count). The van der Waals surface area contributed by atoms with Crippen molar-refractivity contribution in [3.8, 4) is 22.9 Å². The van der Waals surface area contributed by atoms with Gasteiger partial charge in [-0.05, 0) is 30.3 Å². The maximum absolute atomic E-state index is 12.9. The van der Waals surface area contributed by atoms with Gasteiger partial charge in [0.2, 0.25) is 11.7 Å². The molecular weight excluding hydrogens is 394 g/mol. The second-order valence-corrected chi connectivity index (χ2v) is 6.44. The fraction of sp³-hybridized carbons (Fsp3) is 0.190. The molecule has 1 aromatic heterocycles. The van der Waals surface area contributed by atoms with Crippen molar-refractivity contribution >= 4 is 17.5 Å². The number of nitrogens with zero attached hydrogens (tertiary/aromatic N) is 3. The highest BCUT2D eigenvalue weighted by Crippen LogP contribution is 2.31. The fourth-order valence-electron chi connectivity index (χ4n) is 2.76. The Kier molecular flexibility index (Phi) is 6.51. The van der Waals surface area contributed by atoms with Crippen LogP contribution in [0.4, 0.5) is 0 Å². The van der Waals surface area contributed by atoms with E-state index in [0.717, 1.165) is 0 Å². The highest BCUT2D eigenvalue weighted by atomic mass is 35.5. The van der Waals surface area contributed by atoms with Crippen LogP contribution in [0.25, 0.3) is 11.4 Å². The van der Waals surface area contributed by atoms with Crippen LogP contribution >= 0.6 is 11.6 Å². The van der Waals surface area contributed by atoms with Crippen molar-refractivity contribution in [2.24, 2.45) is 0 Å². The van der Waals surface area contributed by atoms with Crippen molar-refractivity contribution in [3.05, 3.63) is 71.6 Å². The second-order valence-electron chi connectivity index (χ2n) is 6.04. The first-order chi connectivity index (χ1) is 14.1. The van der Waals surface area contributed by atoms with E-state index in [0.29, 0.717) is 40.0 Å². The van der Waals surface area contributed by atoms with E-state index in [1.54, 1.807) is 62.8 Å². The first-order valence-electron chi connectivity index (χ1n) is 8.77. The molecule has 0 N–H and O–H groups in total. The third-order valence-electron chi connectivity index (χ3n) is 4.18. The average Bonchev–Trinajstić information content (AvgIpc) is 3.21. The lowest BCUT2D eigenvalue weighted by atomic mass is 10.2. The van der Waals surface area contributed by atoms with Crippen LogP contribution in [0, 0.1) is 0 Å². The van der Waals surface area contributed by atoms with E-state index >= 15 is 0 Å². The van der Waals surface area contributed by atoms with E-state index in [4.69, 9.17) is 25.6 Å². The monoisotopic (exact) mass is 413 g/mol. The third-order valence-corrected chi connectivity index (χ3v) is 4.51. The number of methoxy groups -OCH3 is 2. The van der Waals surface area contributed by atoms with Crippen LogP contribution in [-0.4, -0.2) is 41.7 Å². The fourth-order valence-corrected chi connectivity index (χ4v) is 2.97. The number of hydrogen-bond acceptors (Lipinski definition) is 6. The molecule has 0 aliphatic rings. The number of ether oxygens (including phenoxy) is 2. The van der Waals surface area contributed by atoms with Gasteiger partial charge in [0.15, 0.2) is 11.5 Å². The summed E-state index contributed by atoms with van der Waals surface area (Å²) in [5, 5.41) is 4.39. The summed E-state index contributed by atoms with van der Waals surface area (Å²) in [6.07, 6.45) is 1.63. The Morgan fingerprint density at radius 1 is 1.21 bits per heavy atom. The Morgan fingerprint density at radius 2 is 1.97 bits per heavy atom. The molecule has 0 aliphatic carbocycles. The number of rotatable bonds is 8. The predicted molar refractivity (Wildman–Crippen MR) is 109 cm³/mol. The SMILES string of the molecule is C=CCN(Cc1nc(-c2ccc(OC)c(OC)c2)no1)C(=O)c1ccccc1Cl. The first kappa shape index (κ1) is 20.4. The summed E-state index contributed by atoms with van der Waals surface area (Å²) < 4.78 is 15.9. The molecule has 3 aromatic rings. The number of halogens is 1. The predicted octanol–water partition coefficient (Wildman–Crippen LogP) is 4.24. The van der Waals surface area contributed by atoms with Gasteiger partial charge in [0.25, 0.3) is 5.91 Å². The van der Waals surface area contributed by atoms with Gasteiger partial charge < -0.3 is 18.9 Å². The summed E-state index contributed by atoms with van der Waals surface area (Å²) >= 11 is 6.16. The molecule has 1 amide bonds. The van der Waals surface area contributed by atoms with Gasteiger partial charge in [0.05, 0.1) is 24.8 Å². The summed E-state index contributed by atoms with van der Waals surface area (Å²) in [6, 6.07) is 12.2. The minimum absolute atomic E-state index is 0.121. The zero-order chi connectivity index (χ0) is 20.8. The van der Waals surface area contributed by atoms with Gasteiger partial charge in [0.1, 0.15) is 6.54 Å². The Hall–Kier alpha value is -3.32. The number of carbonyl (C=O) groups is 1. The quantitative estimate of drug-likeness (QED) is 0.514. The van der Waals surface area contributed by atoms with Gasteiger partial charge in [-0.25, -0.2) is 0 Å². The smallest absolute Gasteiger partial charge is 0.256 e. The van der Waals surface area contributed by atoms with Gasteiger partial charge >= 0.3 is 0 Å². The molecule has 0 saturated heterocycles. The van der Waals surface area contributed by atoms with Crippen LogP contribution in [0.15, 0.2) is 59.6 Å². The minimum Gasteiger partial charge on any atom is -0.493 e. The van der Waals surface area contributed by atoms with Crippen molar-refractivity contribution in [3.63, 3.8) is 0 Å². The summed E-state index contributed by atoms with van der Waals surface area (Å²) in [7, 11) is 3.12. The molecule has 0 spiro atoms. The van der Waals surface area contributed by atoms with Crippen molar-refractivity contribution in [2.45, 2.75) is 6.54 Å². The largest absolute Gasteiger partial charge is 0.493 e. The molecule has 0 fully saturated rings. The van der Waals surface area contributed by atoms with E-state index in [1.807, 2.05) is 0 Å². The zero-order valence-electron chi connectivity index (χ0n) is 16.1. The molecule has 0 atom stereocenters. The van der Waals surface area contributed by atoms with Crippen LogP contribution < -0.4 is 9.47 Å². The van der Waals surface area contributed by atoms with Crippen LogP contribution in [0.2, 0.25) is 5.02 Å². The first-order valence-corrected chi connectivity index (χ1v) is 9.14. The van der Waals surface area contributed by atoms with Crippen molar-refractivity contribution in [2.75, 3.05) is 20.8 Å². The van der Waals surface area contributed by atoms with Gasteiger partial charge in [0, 0.05) is 12.1 Å². The summed E-state index contributed by atoms with van der Waals surface area (Å²) in [5.74, 6) is 1.57. The Bertz CT molecular complexity index is 1020. The summed E-state index contributed by atoms with van der Waals surface area (Å²) in [6.45, 7) is 4.13. The highest BCUT2D eigenvalue weighted by molar-refractivity contribution is 6.33. The number of amides is 1. The molecule has 29 heavy (non-hydrogen) atoms. The van der Waals surface area contributed by atoms with E-state index < -0.39 is 0 Å². The van der Waals surface area contributed by atoms with Crippen molar-refractivity contribution in [1.82, 2.24) is 15.0 Å². The molecule has 1 heterocycles. The highest BCUT2D eigenvalue weighted by Gasteiger charge is 2.21. The van der Waals surface area contributed by atoms with Crippen LogP contribution in [-0.2, 0) is 6.54 Å². The lowest BCUT2D eigenvalue weighted by molar-refractivity contribution is 0.0745. The van der Waals surface area contributed by atoms with E-state index in [9.17, 15) is 4.79 Å². The molecule has 0 unspecified atom stereocenters. The molecule has 0 bridgehead atoms. The number of hydrogen-bond donors (Lipinski definition) is 0. The molecule has 0 aliphatic heterocycles. The minimum atomic E-state index is -0.249. The molecule has 150 valence electrons. The number of aromatic nitrogens is 2. The Labute approximate surface area is 173 Å². The van der Waals surface area contributed by atoms with E-state index in [-0.39, 0.29) is 18.3 Å². The van der Waals surface area contributed by atoms with E-state index in [1.165, 1.54) is 4.90 Å².